The summed E-state index contributed by atoms with van der Waals surface area (Å²) in [7, 11) is 0. The molecule has 0 aromatic carbocycles. The Morgan fingerprint density at radius 2 is 1.82 bits per heavy atom. The van der Waals surface area contributed by atoms with E-state index in [0.717, 1.165) is 12.8 Å². The number of rotatable bonds is 7. The molecule has 10 nitrogen and oxygen atoms in total. The largest absolute Gasteiger partial charge is 0.465 e. The van der Waals surface area contributed by atoms with Crippen LogP contribution in [0.4, 0.5) is 0 Å². The lowest BCUT2D eigenvalue weighted by Crippen LogP contribution is -2.74. The number of aliphatic hydroxyl groups excluding tert-OH is 1. The van der Waals surface area contributed by atoms with Gasteiger partial charge in [0.25, 0.3) is 0 Å². The lowest BCUT2D eigenvalue weighted by Gasteiger charge is -2.65. The SMILES string of the molecule is CC[C@H](C)C(=O)OC1[C@@H](O)C[C@@H]2[C@@](C)(C3C[C@H]4CCO[C@H]4O3)[C@H](C)C[C@H](OC(C)=O)[C@@]2(COC(C)=O)[C@@]12CO2. The van der Waals surface area contributed by atoms with E-state index < -0.39 is 52.7 Å². The average molecular weight is 553 g/mol. The fraction of sp³-hybridized carbons (Fsp3) is 0.897. The van der Waals surface area contributed by atoms with E-state index in [-0.39, 0.29) is 49.8 Å². The zero-order valence-corrected chi connectivity index (χ0v) is 24.0. The van der Waals surface area contributed by atoms with Crippen LogP contribution in [0.3, 0.4) is 0 Å². The van der Waals surface area contributed by atoms with E-state index in [1.165, 1.54) is 13.8 Å². The second-order valence-electron chi connectivity index (χ2n) is 12.8. The molecule has 5 aliphatic rings. The molecule has 5 fully saturated rings. The molecule has 1 spiro atoms. The quantitative estimate of drug-likeness (QED) is 0.286. The summed E-state index contributed by atoms with van der Waals surface area (Å²) in [6.07, 6.45) is -0.0393. The Hall–Kier alpha value is -1.75. The molecule has 39 heavy (non-hydrogen) atoms. The maximum absolute atomic E-state index is 13.0. The zero-order chi connectivity index (χ0) is 28.3. The number of hydrogen-bond acceptors (Lipinski definition) is 10. The molecule has 12 atom stereocenters. The van der Waals surface area contributed by atoms with E-state index in [1.54, 1.807) is 6.92 Å². The summed E-state index contributed by atoms with van der Waals surface area (Å²) in [5.74, 6) is -1.70. The van der Waals surface area contributed by atoms with Crippen molar-refractivity contribution in [2.24, 2.45) is 34.5 Å². The summed E-state index contributed by atoms with van der Waals surface area (Å²) in [6, 6.07) is 0. The molecule has 1 N–H and O–H groups in total. The van der Waals surface area contributed by atoms with Crippen LogP contribution in [-0.2, 0) is 42.8 Å². The topological polar surface area (TPSA) is 130 Å². The first kappa shape index (κ1) is 28.8. The van der Waals surface area contributed by atoms with Gasteiger partial charge in [-0.05, 0) is 43.9 Å². The predicted molar refractivity (Wildman–Crippen MR) is 136 cm³/mol. The predicted octanol–water partition coefficient (Wildman–Crippen LogP) is 2.77. The zero-order valence-electron chi connectivity index (χ0n) is 24.0. The van der Waals surface area contributed by atoms with Crippen LogP contribution in [0, 0.1) is 34.5 Å². The number of carbonyl (C=O) groups is 3. The van der Waals surface area contributed by atoms with Crippen LogP contribution in [0.5, 0.6) is 0 Å². The number of carbonyl (C=O) groups excluding carboxylic acids is 3. The van der Waals surface area contributed by atoms with E-state index in [0.29, 0.717) is 25.4 Å². The molecule has 0 radical (unpaired) electrons. The molecule has 3 aliphatic heterocycles. The molecule has 0 bridgehead atoms. The monoisotopic (exact) mass is 552 g/mol. The molecule has 3 saturated heterocycles. The first-order valence-electron chi connectivity index (χ1n) is 14.5. The first-order chi connectivity index (χ1) is 18.4. The lowest BCUT2D eigenvalue weighted by atomic mass is 9.41. The van der Waals surface area contributed by atoms with Gasteiger partial charge in [-0.25, -0.2) is 0 Å². The van der Waals surface area contributed by atoms with E-state index in [9.17, 15) is 19.5 Å². The van der Waals surface area contributed by atoms with Gasteiger partial charge in [0.05, 0.1) is 36.8 Å². The van der Waals surface area contributed by atoms with Gasteiger partial charge >= 0.3 is 17.9 Å². The van der Waals surface area contributed by atoms with Crippen LogP contribution in [0.25, 0.3) is 0 Å². The van der Waals surface area contributed by atoms with Crippen molar-refractivity contribution < 1.29 is 47.9 Å². The fourth-order valence-corrected chi connectivity index (χ4v) is 8.29. The highest BCUT2D eigenvalue weighted by Gasteiger charge is 2.81. The highest BCUT2D eigenvalue weighted by atomic mass is 16.7. The minimum absolute atomic E-state index is 0.0309. The standard InChI is InChI=1S/C29H44O10/c1-7-15(2)25(33)39-24-20(32)12-21-27(6,22-11-19-8-9-34-26(19)38-22)16(3)10-23(37-18(5)31)28(21,13-35-17(4)30)29(24)14-36-29/h15-16,19-24,26,32H,7-14H2,1-6H3/t15-,16+,19+,20-,21+,22?,23-,24?,26-,27-,28-,29+/m0/s1. The molecule has 5 rings (SSSR count). The molecule has 0 aromatic heterocycles. The van der Waals surface area contributed by atoms with Crippen LogP contribution >= 0.6 is 0 Å². The van der Waals surface area contributed by atoms with Crippen molar-refractivity contribution >= 4 is 17.9 Å². The first-order valence-corrected chi connectivity index (χ1v) is 14.5. The molecule has 10 heteroatoms. The van der Waals surface area contributed by atoms with Crippen LogP contribution in [0.1, 0.15) is 73.6 Å². The van der Waals surface area contributed by atoms with Gasteiger partial charge in [-0.15, -0.1) is 0 Å². The highest BCUT2D eigenvalue weighted by Crippen LogP contribution is 2.70. The van der Waals surface area contributed by atoms with E-state index >= 15 is 0 Å². The Kier molecular flexibility index (Phi) is 7.57. The van der Waals surface area contributed by atoms with Gasteiger partial charge in [0.2, 0.25) is 0 Å². The second-order valence-corrected chi connectivity index (χ2v) is 12.8. The molecule has 0 aromatic rings. The van der Waals surface area contributed by atoms with Gasteiger partial charge in [0.15, 0.2) is 12.4 Å². The third-order valence-corrected chi connectivity index (χ3v) is 10.9. The number of aliphatic hydroxyl groups is 1. The van der Waals surface area contributed by atoms with Crippen LogP contribution < -0.4 is 0 Å². The average Bonchev–Trinajstić information content (AvgIpc) is 3.36. The molecule has 2 saturated carbocycles. The van der Waals surface area contributed by atoms with Gasteiger partial charge in [0, 0.05) is 25.2 Å². The van der Waals surface area contributed by atoms with E-state index in [4.69, 9.17) is 28.4 Å². The highest BCUT2D eigenvalue weighted by molar-refractivity contribution is 5.72. The van der Waals surface area contributed by atoms with Gasteiger partial charge < -0.3 is 33.5 Å². The fourth-order valence-electron chi connectivity index (χ4n) is 8.29. The van der Waals surface area contributed by atoms with Crippen molar-refractivity contribution in [1.29, 1.82) is 0 Å². The Labute approximate surface area is 230 Å². The number of esters is 3. The molecular formula is C29H44O10. The minimum atomic E-state index is -1.18. The Bertz CT molecular complexity index is 967. The van der Waals surface area contributed by atoms with E-state index in [1.807, 2.05) is 6.92 Å². The van der Waals surface area contributed by atoms with Crippen LogP contribution in [-0.4, -0.2) is 79.1 Å². The number of ether oxygens (including phenoxy) is 6. The van der Waals surface area contributed by atoms with Gasteiger partial charge in [-0.3, -0.25) is 14.4 Å². The van der Waals surface area contributed by atoms with Crippen molar-refractivity contribution in [2.75, 3.05) is 19.8 Å². The summed E-state index contributed by atoms with van der Waals surface area (Å²) in [5.41, 5.74) is -2.75. The maximum atomic E-state index is 13.0. The Balaban J connectivity index is 1.62. The maximum Gasteiger partial charge on any atom is 0.309 e. The van der Waals surface area contributed by atoms with Gasteiger partial charge in [0.1, 0.15) is 18.3 Å². The van der Waals surface area contributed by atoms with Crippen LogP contribution in [0.15, 0.2) is 0 Å². The smallest absolute Gasteiger partial charge is 0.309 e. The lowest BCUT2D eigenvalue weighted by molar-refractivity contribution is -0.285. The van der Waals surface area contributed by atoms with Gasteiger partial charge in [-0.1, -0.05) is 27.7 Å². The van der Waals surface area contributed by atoms with E-state index in [2.05, 4.69) is 13.8 Å². The molecular weight excluding hydrogens is 508 g/mol. The number of epoxide rings is 1. The van der Waals surface area contributed by atoms with Crippen molar-refractivity contribution in [1.82, 2.24) is 0 Å². The number of fused-ring (bicyclic) bond motifs is 3. The molecule has 0 amide bonds. The van der Waals surface area contributed by atoms with Crippen molar-refractivity contribution in [2.45, 2.75) is 110 Å². The minimum Gasteiger partial charge on any atom is -0.465 e. The van der Waals surface area contributed by atoms with Crippen molar-refractivity contribution in [3.05, 3.63) is 0 Å². The number of hydrogen-bond donors (Lipinski definition) is 1. The summed E-state index contributed by atoms with van der Waals surface area (Å²) < 4.78 is 36.4. The van der Waals surface area contributed by atoms with Crippen LogP contribution in [0.2, 0.25) is 0 Å². The van der Waals surface area contributed by atoms with Crippen molar-refractivity contribution in [3.63, 3.8) is 0 Å². The summed E-state index contributed by atoms with van der Waals surface area (Å²) in [4.78, 5) is 37.7. The third-order valence-electron chi connectivity index (χ3n) is 10.9. The third kappa shape index (κ3) is 4.41. The second kappa shape index (κ2) is 10.3. The van der Waals surface area contributed by atoms with Gasteiger partial charge in [-0.2, -0.15) is 0 Å². The molecule has 2 aliphatic carbocycles. The van der Waals surface area contributed by atoms with Crippen molar-refractivity contribution in [3.8, 4) is 0 Å². The Morgan fingerprint density at radius 3 is 2.41 bits per heavy atom. The normalized spacial score (nSPS) is 47.2. The summed E-state index contributed by atoms with van der Waals surface area (Å²) in [6.45, 7) is 11.5. The summed E-state index contributed by atoms with van der Waals surface area (Å²) >= 11 is 0. The summed E-state index contributed by atoms with van der Waals surface area (Å²) in [5, 5.41) is 11.6. The molecule has 3 heterocycles. The molecule has 220 valence electrons. The Morgan fingerprint density at radius 1 is 1.10 bits per heavy atom. The molecule has 2 unspecified atom stereocenters.